The van der Waals surface area contributed by atoms with Crippen LogP contribution in [0.5, 0.6) is 17.2 Å². The third-order valence-electron chi connectivity index (χ3n) is 5.40. The van der Waals surface area contributed by atoms with Crippen molar-refractivity contribution in [2.24, 2.45) is 0 Å². The maximum absolute atomic E-state index is 13.3. The van der Waals surface area contributed by atoms with Gasteiger partial charge < -0.3 is 29.0 Å². The topological polar surface area (TPSA) is 47.9 Å². The molecule has 6 nitrogen and oxygen atoms in total. The van der Waals surface area contributed by atoms with Crippen LogP contribution in [0.3, 0.4) is 0 Å². The van der Waals surface area contributed by atoms with Crippen molar-refractivity contribution in [1.29, 1.82) is 0 Å². The summed E-state index contributed by atoms with van der Waals surface area (Å²) in [5.74, 6) is 1.41. The van der Waals surface area contributed by atoms with E-state index in [0.29, 0.717) is 28.9 Å². The summed E-state index contributed by atoms with van der Waals surface area (Å²) in [5.41, 5.74) is 2.79. The van der Waals surface area contributed by atoms with Crippen molar-refractivity contribution in [2.45, 2.75) is 12.6 Å². The lowest BCUT2D eigenvalue weighted by molar-refractivity contribution is 0.288. The molecule has 8 heteroatoms. The van der Waals surface area contributed by atoms with Gasteiger partial charge in [-0.3, -0.25) is 0 Å². The first-order valence-electron chi connectivity index (χ1n) is 9.84. The molecule has 1 aliphatic rings. The van der Waals surface area contributed by atoms with Crippen LogP contribution in [-0.4, -0.2) is 42.5 Å². The van der Waals surface area contributed by atoms with Gasteiger partial charge in [-0.05, 0) is 66.3 Å². The molecule has 31 heavy (non-hydrogen) atoms. The molecule has 2 heterocycles. The standard InChI is InChI=1S/C23H24FN3O3S/c1-28-19-13-15(14-20(29-2)22(19)30-3)21-18-5-4-10-26(18)11-12-27(21)23(31)25-17-8-6-16(24)7-9-17/h4-10,13-14,21H,11-12H2,1-3H3,(H,25,31). The lowest BCUT2D eigenvalue weighted by atomic mass is 9.99. The fraction of sp³-hybridized carbons (Fsp3) is 0.261. The number of halogens is 1. The van der Waals surface area contributed by atoms with Crippen molar-refractivity contribution < 1.29 is 18.6 Å². The Kier molecular flexibility index (Phi) is 5.99. The largest absolute Gasteiger partial charge is 0.493 e. The third kappa shape index (κ3) is 4.03. The molecule has 0 fully saturated rings. The fourth-order valence-electron chi connectivity index (χ4n) is 3.94. The number of fused-ring (bicyclic) bond motifs is 1. The van der Waals surface area contributed by atoms with Gasteiger partial charge in [-0.2, -0.15) is 0 Å². The van der Waals surface area contributed by atoms with Crippen molar-refractivity contribution in [2.75, 3.05) is 33.2 Å². The van der Waals surface area contributed by atoms with E-state index in [1.807, 2.05) is 18.2 Å². The summed E-state index contributed by atoms with van der Waals surface area (Å²) in [7, 11) is 4.78. The molecule has 2 aromatic carbocycles. The molecule has 0 spiro atoms. The first-order chi connectivity index (χ1) is 15.0. The Morgan fingerprint density at radius 3 is 2.29 bits per heavy atom. The number of hydrogen-bond acceptors (Lipinski definition) is 4. The van der Waals surface area contributed by atoms with E-state index in [1.54, 1.807) is 33.5 Å². The molecular weight excluding hydrogens is 417 g/mol. The van der Waals surface area contributed by atoms with E-state index in [0.717, 1.165) is 23.5 Å². The predicted octanol–water partition coefficient (Wildman–Crippen LogP) is 4.46. The van der Waals surface area contributed by atoms with Crippen LogP contribution < -0.4 is 19.5 Å². The van der Waals surface area contributed by atoms with E-state index in [1.165, 1.54) is 12.1 Å². The van der Waals surface area contributed by atoms with E-state index in [2.05, 4.69) is 27.0 Å². The highest BCUT2D eigenvalue weighted by Crippen LogP contribution is 2.43. The van der Waals surface area contributed by atoms with E-state index in [-0.39, 0.29) is 11.9 Å². The number of thiocarbonyl (C=S) groups is 1. The van der Waals surface area contributed by atoms with Gasteiger partial charge in [0, 0.05) is 30.7 Å². The molecular formula is C23H24FN3O3S. The van der Waals surface area contributed by atoms with Crippen LogP contribution in [0.15, 0.2) is 54.7 Å². The number of nitrogens with zero attached hydrogens (tertiary/aromatic N) is 2. The lowest BCUT2D eigenvalue weighted by Crippen LogP contribution is -2.44. The summed E-state index contributed by atoms with van der Waals surface area (Å²) in [4.78, 5) is 2.12. The number of anilines is 1. The Morgan fingerprint density at radius 2 is 1.68 bits per heavy atom. The number of hydrogen-bond donors (Lipinski definition) is 1. The molecule has 4 rings (SSSR count). The Hall–Kier alpha value is -3.26. The zero-order chi connectivity index (χ0) is 22.0. The van der Waals surface area contributed by atoms with Crippen LogP contribution in [0.25, 0.3) is 0 Å². The molecule has 0 saturated heterocycles. The maximum atomic E-state index is 13.3. The quantitative estimate of drug-likeness (QED) is 0.590. The van der Waals surface area contributed by atoms with Crippen LogP contribution in [0.2, 0.25) is 0 Å². The molecule has 1 unspecified atom stereocenters. The number of aromatic nitrogens is 1. The predicted molar refractivity (Wildman–Crippen MR) is 122 cm³/mol. The van der Waals surface area contributed by atoms with E-state index in [9.17, 15) is 4.39 Å². The first kappa shape index (κ1) is 21.0. The lowest BCUT2D eigenvalue weighted by Gasteiger charge is -2.39. The van der Waals surface area contributed by atoms with Crippen LogP contribution >= 0.6 is 12.2 Å². The Morgan fingerprint density at radius 1 is 1.00 bits per heavy atom. The SMILES string of the molecule is COc1cc(C2c3cccn3CCN2C(=S)Nc2ccc(F)cc2)cc(OC)c1OC. The Balaban J connectivity index is 1.75. The number of benzene rings is 2. The highest BCUT2D eigenvalue weighted by Gasteiger charge is 2.32. The normalized spacial score (nSPS) is 15.2. The molecule has 1 atom stereocenters. The summed E-state index contributed by atoms with van der Waals surface area (Å²) in [5, 5.41) is 3.79. The maximum Gasteiger partial charge on any atom is 0.203 e. The summed E-state index contributed by atoms with van der Waals surface area (Å²) < 4.78 is 32.1. The third-order valence-corrected chi connectivity index (χ3v) is 5.73. The Bertz CT molecular complexity index is 1060. The molecule has 0 amide bonds. The van der Waals surface area contributed by atoms with Gasteiger partial charge in [-0.1, -0.05) is 0 Å². The zero-order valence-electron chi connectivity index (χ0n) is 17.6. The highest BCUT2D eigenvalue weighted by molar-refractivity contribution is 7.80. The monoisotopic (exact) mass is 441 g/mol. The number of nitrogens with one attached hydrogen (secondary N) is 1. The summed E-state index contributed by atoms with van der Waals surface area (Å²) in [6, 6.07) is 14.0. The van der Waals surface area contributed by atoms with Crippen LogP contribution in [0.1, 0.15) is 17.3 Å². The van der Waals surface area contributed by atoms with Crippen molar-refractivity contribution >= 4 is 23.0 Å². The van der Waals surface area contributed by atoms with Gasteiger partial charge in [-0.15, -0.1) is 0 Å². The van der Waals surface area contributed by atoms with Crippen LogP contribution in [-0.2, 0) is 6.54 Å². The summed E-state index contributed by atoms with van der Waals surface area (Å²) in [6.07, 6.45) is 2.06. The molecule has 1 N–H and O–H groups in total. The van der Waals surface area contributed by atoms with E-state index in [4.69, 9.17) is 26.4 Å². The average Bonchev–Trinajstić information content (AvgIpc) is 3.27. The fourth-order valence-corrected chi connectivity index (χ4v) is 4.26. The molecule has 0 saturated carbocycles. The van der Waals surface area contributed by atoms with Gasteiger partial charge in [0.05, 0.1) is 27.4 Å². The van der Waals surface area contributed by atoms with Crippen molar-refractivity contribution in [3.63, 3.8) is 0 Å². The minimum Gasteiger partial charge on any atom is -0.493 e. The van der Waals surface area contributed by atoms with Gasteiger partial charge >= 0.3 is 0 Å². The Labute approximate surface area is 186 Å². The number of methoxy groups -OCH3 is 3. The van der Waals surface area contributed by atoms with E-state index < -0.39 is 0 Å². The van der Waals surface area contributed by atoms with Gasteiger partial charge in [0.2, 0.25) is 5.75 Å². The number of ether oxygens (including phenoxy) is 3. The first-order valence-corrected chi connectivity index (χ1v) is 10.2. The van der Waals surface area contributed by atoms with Crippen LogP contribution in [0.4, 0.5) is 10.1 Å². The van der Waals surface area contributed by atoms with E-state index >= 15 is 0 Å². The minimum absolute atomic E-state index is 0.169. The second-order valence-electron chi connectivity index (χ2n) is 7.12. The average molecular weight is 442 g/mol. The highest BCUT2D eigenvalue weighted by atomic mass is 32.1. The van der Waals surface area contributed by atoms with Crippen LogP contribution in [0, 0.1) is 5.82 Å². The zero-order valence-corrected chi connectivity index (χ0v) is 18.4. The molecule has 1 aliphatic heterocycles. The van der Waals surface area contributed by atoms with Crippen molar-refractivity contribution in [3.05, 3.63) is 71.8 Å². The van der Waals surface area contributed by atoms with Gasteiger partial charge in [0.1, 0.15) is 5.82 Å². The van der Waals surface area contributed by atoms with Crippen molar-refractivity contribution in [1.82, 2.24) is 9.47 Å². The molecule has 1 aromatic heterocycles. The molecule has 0 radical (unpaired) electrons. The van der Waals surface area contributed by atoms with Gasteiger partial charge in [0.15, 0.2) is 16.6 Å². The summed E-state index contributed by atoms with van der Waals surface area (Å²) >= 11 is 5.76. The molecule has 0 aliphatic carbocycles. The molecule has 3 aromatic rings. The van der Waals surface area contributed by atoms with Gasteiger partial charge in [-0.25, -0.2) is 4.39 Å². The second kappa shape index (κ2) is 8.85. The minimum atomic E-state index is -0.289. The molecule has 0 bridgehead atoms. The summed E-state index contributed by atoms with van der Waals surface area (Å²) in [6.45, 7) is 1.50. The smallest absolute Gasteiger partial charge is 0.203 e. The molecule has 162 valence electrons. The van der Waals surface area contributed by atoms with Crippen molar-refractivity contribution in [3.8, 4) is 17.2 Å². The van der Waals surface area contributed by atoms with Gasteiger partial charge in [0.25, 0.3) is 0 Å². The second-order valence-corrected chi connectivity index (χ2v) is 7.50. The number of rotatable bonds is 5.